The van der Waals surface area contributed by atoms with E-state index in [2.05, 4.69) is 10.6 Å². The Bertz CT molecular complexity index is 846. The summed E-state index contributed by atoms with van der Waals surface area (Å²) in [5.74, 6) is -0.166. The second-order valence-corrected chi connectivity index (χ2v) is 7.53. The monoisotopic (exact) mass is 382 g/mol. The Morgan fingerprint density at radius 3 is 2.18 bits per heavy atom. The summed E-state index contributed by atoms with van der Waals surface area (Å²) >= 11 is 0. The number of hydrogen-bond donors (Lipinski definition) is 2. The van der Waals surface area contributed by atoms with Gasteiger partial charge in [0.05, 0.1) is 6.54 Å². The van der Waals surface area contributed by atoms with Crippen molar-refractivity contribution in [2.24, 2.45) is 0 Å². The largest absolute Gasteiger partial charge is 0.325 e. The Hall–Kier alpha value is -2.70. The van der Waals surface area contributed by atoms with Gasteiger partial charge in [0, 0.05) is 11.4 Å². The third-order valence-electron chi connectivity index (χ3n) is 4.48. The number of hydrogen-bond acceptors (Lipinski definition) is 4. The van der Waals surface area contributed by atoms with E-state index in [1.807, 2.05) is 88.2 Å². The standard InChI is InChI=1S/C22H30N4O2/c1-15-9-7-8-10-18(15)21(26(5)6)22(28)23-17-11-12-19(16(2)13-17)24-20(27)14-25(3)4/h7-13,21H,14H2,1-6H3,(H,23,28)(H,24,27). The summed E-state index contributed by atoms with van der Waals surface area (Å²) in [4.78, 5) is 28.7. The van der Waals surface area contributed by atoms with Crippen LogP contribution in [0.4, 0.5) is 11.4 Å². The zero-order chi connectivity index (χ0) is 20.8. The quantitative estimate of drug-likeness (QED) is 0.773. The predicted octanol–water partition coefficient (Wildman–Crippen LogP) is 3.04. The molecule has 2 N–H and O–H groups in total. The van der Waals surface area contributed by atoms with E-state index in [-0.39, 0.29) is 17.9 Å². The number of carbonyl (C=O) groups excluding carboxylic acids is 2. The molecule has 0 spiro atoms. The van der Waals surface area contributed by atoms with Crippen molar-refractivity contribution >= 4 is 23.2 Å². The molecule has 0 saturated carbocycles. The molecule has 150 valence electrons. The molecule has 2 aromatic rings. The molecule has 2 aromatic carbocycles. The van der Waals surface area contributed by atoms with E-state index >= 15 is 0 Å². The molecule has 0 aliphatic heterocycles. The smallest absolute Gasteiger partial charge is 0.246 e. The zero-order valence-corrected chi connectivity index (χ0v) is 17.5. The summed E-state index contributed by atoms with van der Waals surface area (Å²) in [5, 5.41) is 5.90. The molecule has 0 aromatic heterocycles. The van der Waals surface area contributed by atoms with Crippen LogP contribution < -0.4 is 10.6 Å². The number of likely N-dealkylation sites (N-methyl/N-ethyl adjacent to an activating group) is 2. The average molecular weight is 383 g/mol. The van der Waals surface area contributed by atoms with E-state index in [0.29, 0.717) is 12.2 Å². The van der Waals surface area contributed by atoms with E-state index < -0.39 is 0 Å². The summed E-state index contributed by atoms with van der Waals surface area (Å²) in [6.07, 6.45) is 0. The molecule has 2 amide bonds. The van der Waals surface area contributed by atoms with Crippen molar-refractivity contribution in [1.82, 2.24) is 9.80 Å². The van der Waals surface area contributed by atoms with Gasteiger partial charge in [-0.05, 0) is 76.9 Å². The molecule has 28 heavy (non-hydrogen) atoms. The summed E-state index contributed by atoms with van der Waals surface area (Å²) in [7, 11) is 7.48. The van der Waals surface area contributed by atoms with Gasteiger partial charge in [-0.3, -0.25) is 14.5 Å². The minimum Gasteiger partial charge on any atom is -0.325 e. The number of nitrogens with one attached hydrogen (secondary N) is 2. The maximum Gasteiger partial charge on any atom is 0.246 e. The second kappa shape index (κ2) is 9.48. The SMILES string of the molecule is Cc1cc(NC(=O)C(c2ccccc2C)N(C)C)ccc1NC(=O)CN(C)C. The number of benzene rings is 2. The lowest BCUT2D eigenvalue weighted by Crippen LogP contribution is -2.32. The van der Waals surface area contributed by atoms with Crippen LogP contribution in [0, 0.1) is 13.8 Å². The molecule has 6 heteroatoms. The summed E-state index contributed by atoms with van der Waals surface area (Å²) in [5.41, 5.74) is 4.39. The molecule has 2 rings (SSSR count). The van der Waals surface area contributed by atoms with E-state index in [1.165, 1.54) is 0 Å². The van der Waals surface area contributed by atoms with Crippen LogP contribution in [0.15, 0.2) is 42.5 Å². The lowest BCUT2D eigenvalue weighted by Gasteiger charge is -2.25. The van der Waals surface area contributed by atoms with Crippen LogP contribution in [0.2, 0.25) is 0 Å². The number of rotatable bonds is 7. The Morgan fingerprint density at radius 1 is 0.929 bits per heavy atom. The van der Waals surface area contributed by atoms with Crippen LogP contribution in [0.5, 0.6) is 0 Å². The number of nitrogens with zero attached hydrogens (tertiary/aromatic N) is 2. The van der Waals surface area contributed by atoms with Gasteiger partial charge in [0.2, 0.25) is 11.8 Å². The fourth-order valence-corrected chi connectivity index (χ4v) is 3.12. The molecule has 0 saturated heterocycles. The van der Waals surface area contributed by atoms with Crippen molar-refractivity contribution in [3.8, 4) is 0 Å². The first-order valence-corrected chi connectivity index (χ1v) is 9.27. The first-order valence-electron chi connectivity index (χ1n) is 9.27. The number of amides is 2. The Kier molecular flexibility index (Phi) is 7.31. The molecule has 1 unspecified atom stereocenters. The van der Waals surface area contributed by atoms with Gasteiger partial charge in [-0.15, -0.1) is 0 Å². The van der Waals surface area contributed by atoms with Gasteiger partial charge in [-0.1, -0.05) is 24.3 Å². The van der Waals surface area contributed by atoms with Crippen molar-refractivity contribution in [3.63, 3.8) is 0 Å². The van der Waals surface area contributed by atoms with Crippen molar-refractivity contribution < 1.29 is 9.59 Å². The Balaban J connectivity index is 2.15. The molecule has 1 atom stereocenters. The van der Waals surface area contributed by atoms with Gasteiger partial charge in [-0.25, -0.2) is 0 Å². The highest BCUT2D eigenvalue weighted by Gasteiger charge is 2.24. The van der Waals surface area contributed by atoms with E-state index in [0.717, 1.165) is 22.4 Å². The first kappa shape index (κ1) is 21.6. The molecule has 0 heterocycles. The molecular weight excluding hydrogens is 352 g/mol. The summed E-state index contributed by atoms with van der Waals surface area (Å²) < 4.78 is 0. The molecule has 0 fully saturated rings. The van der Waals surface area contributed by atoms with Crippen LogP contribution in [0.25, 0.3) is 0 Å². The van der Waals surface area contributed by atoms with Crippen LogP contribution >= 0.6 is 0 Å². The fourth-order valence-electron chi connectivity index (χ4n) is 3.12. The van der Waals surface area contributed by atoms with E-state index in [4.69, 9.17) is 0 Å². The summed E-state index contributed by atoms with van der Waals surface area (Å²) in [6.45, 7) is 4.24. The number of aryl methyl sites for hydroxylation is 2. The Labute approximate surface area is 167 Å². The van der Waals surface area contributed by atoms with Crippen LogP contribution in [0.3, 0.4) is 0 Å². The van der Waals surface area contributed by atoms with E-state index in [9.17, 15) is 9.59 Å². The highest BCUT2D eigenvalue weighted by molar-refractivity contribution is 5.97. The maximum absolute atomic E-state index is 13.0. The van der Waals surface area contributed by atoms with Crippen LogP contribution in [-0.2, 0) is 9.59 Å². The molecule has 0 aliphatic rings. The zero-order valence-electron chi connectivity index (χ0n) is 17.5. The van der Waals surface area contributed by atoms with Crippen molar-refractivity contribution in [1.29, 1.82) is 0 Å². The number of anilines is 2. The topological polar surface area (TPSA) is 64.7 Å². The number of carbonyl (C=O) groups is 2. The first-order chi connectivity index (χ1) is 13.2. The molecule has 0 aliphatic carbocycles. The minimum atomic E-state index is -0.388. The van der Waals surface area contributed by atoms with Crippen molar-refractivity contribution in [2.75, 3.05) is 45.4 Å². The Morgan fingerprint density at radius 2 is 1.61 bits per heavy atom. The molecule has 0 bridgehead atoms. The molecular formula is C22H30N4O2. The van der Waals surface area contributed by atoms with Crippen LogP contribution in [0.1, 0.15) is 22.7 Å². The third-order valence-corrected chi connectivity index (χ3v) is 4.48. The highest BCUT2D eigenvalue weighted by Crippen LogP contribution is 2.25. The summed E-state index contributed by atoms with van der Waals surface area (Å²) in [6, 6.07) is 13.0. The fraction of sp³-hybridized carbons (Fsp3) is 0.364. The van der Waals surface area contributed by atoms with Crippen molar-refractivity contribution in [2.45, 2.75) is 19.9 Å². The second-order valence-electron chi connectivity index (χ2n) is 7.53. The molecule has 0 radical (unpaired) electrons. The van der Waals surface area contributed by atoms with Gasteiger partial charge < -0.3 is 15.5 Å². The van der Waals surface area contributed by atoms with E-state index in [1.54, 1.807) is 6.07 Å². The van der Waals surface area contributed by atoms with Gasteiger partial charge in [-0.2, -0.15) is 0 Å². The molecule has 6 nitrogen and oxygen atoms in total. The van der Waals surface area contributed by atoms with Gasteiger partial charge in [0.25, 0.3) is 0 Å². The van der Waals surface area contributed by atoms with Gasteiger partial charge in [0.1, 0.15) is 6.04 Å². The highest BCUT2D eigenvalue weighted by atomic mass is 16.2. The van der Waals surface area contributed by atoms with Gasteiger partial charge >= 0.3 is 0 Å². The third kappa shape index (κ3) is 5.65. The average Bonchev–Trinajstić information content (AvgIpc) is 2.58. The predicted molar refractivity (Wildman–Crippen MR) is 115 cm³/mol. The van der Waals surface area contributed by atoms with Crippen molar-refractivity contribution in [3.05, 3.63) is 59.2 Å². The lowest BCUT2D eigenvalue weighted by molar-refractivity contribution is -0.120. The minimum absolute atomic E-state index is 0.0721. The maximum atomic E-state index is 13.0. The van der Waals surface area contributed by atoms with Crippen LogP contribution in [-0.4, -0.2) is 56.3 Å². The lowest BCUT2D eigenvalue weighted by atomic mass is 9.99. The van der Waals surface area contributed by atoms with Gasteiger partial charge in [0.15, 0.2) is 0 Å². The normalized spacial score (nSPS) is 12.1.